The molecular formula is C25H39BrN2O3. The number of carboxylic acid groups (broad SMARTS) is 1. The Bertz CT molecular complexity index is 696. The van der Waals surface area contributed by atoms with Crippen molar-refractivity contribution in [1.29, 1.82) is 0 Å². The quantitative estimate of drug-likeness (QED) is 0.435. The first-order valence-electron chi connectivity index (χ1n) is 12.1. The highest BCUT2D eigenvalue weighted by Gasteiger charge is 2.23. The van der Waals surface area contributed by atoms with E-state index in [2.05, 4.69) is 52.1 Å². The van der Waals surface area contributed by atoms with Gasteiger partial charge < -0.3 is 20.1 Å². The van der Waals surface area contributed by atoms with E-state index >= 15 is 0 Å². The topological polar surface area (TPSA) is 61.8 Å². The van der Waals surface area contributed by atoms with Crippen LogP contribution in [0.25, 0.3) is 0 Å². The average Bonchev–Trinajstić information content (AvgIpc) is 2.72. The highest BCUT2D eigenvalue weighted by Crippen LogP contribution is 2.30. The number of halogens is 1. The molecular weight excluding hydrogens is 456 g/mol. The van der Waals surface area contributed by atoms with Crippen molar-refractivity contribution >= 4 is 22.0 Å². The van der Waals surface area contributed by atoms with Gasteiger partial charge in [0, 0.05) is 10.5 Å². The third kappa shape index (κ3) is 8.30. The Morgan fingerprint density at radius 1 is 1.16 bits per heavy atom. The smallest absolute Gasteiger partial charge is 0.404 e. The molecule has 1 aliphatic carbocycles. The summed E-state index contributed by atoms with van der Waals surface area (Å²) in [7, 11) is 0. The number of benzene rings is 1. The number of piperidine rings is 1. The molecule has 3 rings (SSSR count). The van der Waals surface area contributed by atoms with Crippen molar-refractivity contribution in [2.75, 3.05) is 19.6 Å². The summed E-state index contributed by atoms with van der Waals surface area (Å²) in [4.78, 5) is 13.4. The zero-order valence-corrected chi connectivity index (χ0v) is 20.7. The molecule has 0 aromatic heterocycles. The summed E-state index contributed by atoms with van der Waals surface area (Å²) in [5.41, 5.74) is 1.37. The molecule has 1 amide bonds. The molecule has 31 heavy (non-hydrogen) atoms. The predicted octanol–water partition coefficient (Wildman–Crippen LogP) is 6.10. The number of likely N-dealkylation sites (tertiary alicyclic amines) is 1. The van der Waals surface area contributed by atoms with Gasteiger partial charge in [-0.05, 0) is 127 Å². The normalized spacial score (nSPS) is 23.1. The summed E-state index contributed by atoms with van der Waals surface area (Å²) >= 11 is 3.72. The van der Waals surface area contributed by atoms with Gasteiger partial charge in [-0.1, -0.05) is 15.9 Å². The zero-order valence-electron chi connectivity index (χ0n) is 19.1. The van der Waals surface area contributed by atoms with Crippen LogP contribution < -0.4 is 10.1 Å². The van der Waals surface area contributed by atoms with Gasteiger partial charge in [0.1, 0.15) is 5.75 Å². The molecule has 0 atom stereocenters. The van der Waals surface area contributed by atoms with Crippen molar-refractivity contribution in [3.05, 3.63) is 28.2 Å². The average molecular weight is 496 g/mol. The van der Waals surface area contributed by atoms with E-state index in [4.69, 9.17) is 9.84 Å². The second-order valence-corrected chi connectivity index (χ2v) is 10.6. The lowest BCUT2D eigenvalue weighted by Gasteiger charge is -2.33. The highest BCUT2D eigenvalue weighted by atomic mass is 79.9. The van der Waals surface area contributed by atoms with Gasteiger partial charge >= 0.3 is 6.09 Å². The van der Waals surface area contributed by atoms with Crippen molar-refractivity contribution < 1.29 is 14.6 Å². The van der Waals surface area contributed by atoms with Crippen LogP contribution in [0.4, 0.5) is 4.79 Å². The maximum absolute atomic E-state index is 10.8. The van der Waals surface area contributed by atoms with Gasteiger partial charge in [-0.2, -0.15) is 0 Å². The van der Waals surface area contributed by atoms with Crippen molar-refractivity contribution in [3.8, 4) is 5.75 Å². The molecule has 1 saturated carbocycles. The lowest BCUT2D eigenvalue weighted by Crippen LogP contribution is -2.37. The largest absolute Gasteiger partial charge is 0.491 e. The molecule has 174 valence electrons. The standard InChI is InChI=1S/C25H39BrN2O3/c1-18(2)31-23-9-10-24(26)21(17-23)16-20-11-14-28(15-12-20)13-3-4-19-5-7-22(8-6-19)27-25(29)30/h9-10,17-20,22,27H,3-8,11-16H2,1-2H3,(H,29,30). The van der Waals surface area contributed by atoms with E-state index in [1.54, 1.807) is 0 Å². The van der Waals surface area contributed by atoms with E-state index in [1.807, 2.05) is 6.07 Å². The molecule has 1 heterocycles. The summed E-state index contributed by atoms with van der Waals surface area (Å²) in [5.74, 6) is 2.50. The number of ether oxygens (including phenoxy) is 1. The van der Waals surface area contributed by atoms with Crippen molar-refractivity contribution in [3.63, 3.8) is 0 Å². The Kier molecular flexibility index (Phi) is 9.51. The van der Waals surface area contributed by atoms with E-state index in [1.165, 1.54) is 68.2 Å². The number of nitrogens with one attached hydrogen (secondary N) is 1. The molecule has 0 unspecified atom stereocenters. The fraction of sp³-hybridized carbons (Fsp3) is 0.720. The van der Waals surface area contributed by atoms with Crippen molar-refractivity contribution in [1.82, 2.24) is 10.2 Å². The van der Waals surface area contributed by atoms with Crippen LogP contribution in [0, 0.1) is 11.8 Å². The lowest BCUT2D eigenvalue weighted by molar-refractivity contribution is 0.170. The van der Waals surface area contributed by atoms with Crippen LogP contribution in [0.3, 0.4) is 0 Å². The molecule has 2 aliphatic rings. The second-order valence-electron chi connectivity index (χ2n) is 9.72. The Balaban J connectivity index is 1.33. The maximum atomic E-state index is 10.8. The Morgan fingerprint density at radius 2 is 1.87 bits per heavy atom. The van der Waals surface area contributed by atoms with Crippen molar-refractivity contribution in [2.45, 2.75) is 83.8 Å². The first-order valence-corrected chi connectivity index (χ1v) is 12.8. The minimum atomic E-state index is -0.879. The number of hydrogen-bond donors (Lipinski definition) is 2. The predicted molar refractivity (Wildman–Crippen MR) is 129 cm³/mol. The van der Waals surface area contributed by atoms with Crippen LogP contribution in [0.5, 0.6) is 5.75 Å². The van der Waals surface area contributed by atoms with E-state index in [0.717, 1.165) is 36.8 Å². The van der Waals surface area contributed by atoms with E-state index < -0.39 is 6.09 Å². The molecule has 0 bridgehead atoms. The Labute approximate surface area is 196 Å². The van der Waals surface area contributed by atoms with Crippen LogP contribution in [-0.2, 0) is 6.42 Å². The van der Waals surface area contributed by atoms with Gasteiger partial charge in [0.05, 0.1) is 6.10 Å². The molecule has 1 aromatic rings. The maximum Gasteiger partial charge on any atom is 0.404 e. The fourth-order valence-corrected chi connectivity index (χ4v) is 5.56. The van der Waals surface area contributed by atoms with Crippen LogP contribution in [0.1, 0.15) is 70.8 Å². The third-order valence-corrected chi connectivity index (χ3v) is 7.64. The molecule has 0 spiro atoms. The summed E-state index contributed by atoms with van der Waals surface area (Å²) in [6, 6.07) is 6.54. The molecule has 1 aliphatic heterocycles. The summed E-state index contributed by atoms with van der Waals surface area (Å²) in [6.45, 7) is 7.76. The van der Waals surface area contributed by atoms with Gasteiger partial charge in [-0.3, -0.25) is 0 Å². The minimum absolute atomic E-state index is 0.172. The number of amides is 1. The van der Waals surface area contributed by atoms with E-state index in [-0.39, 0.29) is 12.1 Å². The number of nitrogens with zero attached hydrogens (tertiary/aromatic N) is 1. The summed E-state index contributed by atoms with van der Waals surface area (Å²) in [5, 5.41) is 11.5. The SMILES string of the molecule is CC(C)Oc1ccc(Br)c(CC2CCN(CCCC3CCC(NC(=O)O)CC3)CC2)c1. The fourth-order valence-electron chi connectivity index (χ4n) is 5.15. The molecule has 2 fully saturated rings. The molecule has 2 N–H and O–H groups in total. The first kappa shape index (κ1) is 24.4. The van der Waals surface area contributed by atoms with Crippen LogP contribution in [0.15, 0.2) is 22.7 Å². The molecule has 5 nitrogen and oxygen atoms in total. The highest BCUT2D eigenvalue weighted by molar-refractivity contribution is 9.10. The zero-order chi connectivity index (χ0) is 22.2. The summed E-state index contributed by atoms with van der Waals surface area (Å²) in [6.07, 6.45) is 9.89. The van der Waals surface area contributed by atoms with Gasteiger partial charge in [-0.25, -0.2) is 4.79 Å². The Hall–Kier alpha value is -1.27. The number of carbonyl (C=O) groups is 1. The molecule has 1 aromatic carbocycles. The van der Waals surface area contributed by atoms with Crippen LogP contribution >= 0.6 is 15.9 Å². The van der Waals surface area contributed by atoms with Crippen LogP contribution in [-0.4, -0.2) is 47.9 Å². The molecule has 1 saturated heterocycles. The van der Waals surface area contributed by atoms with Gasteiger partial charge in [0.15, 0.2) is 0 Å². The Morgan fingerprint density at radius 3 is 2.52 bits per heavy atom. The number of rotatable bonds is 9. The van der Waals surface area contributed by atoms with Crippen molar-refractivity contribution in [2.24, 2.45) is 11.8 Å². The third-order valence-electron chi connectivity index (χ3n) is 6.87. The minimum Gasteiger partial charge on any atom is -0.491 e. The van der Waals surface area contributed by atoms with Gasteiger partial charge in [-0.15, -0.1) is 0 Å². The van der Waals surface area contributed by atoms with Gasteiger partial charge in [0.25, 0.3) is 0 Å². The van der Waals surface area contributed by atoms with E-state index in [0.29, 0.717) is 0 Å². The first-order chi connectivity index (χ1) is 14.9. The summed E-state index contributed by atoms with van der Waals surface area (Å²) < 4.78 is 7.07. The van der Waals surface area contributed by atoms with E-state index in [9.17, 15) is 4.79 Å². The second kappa shape index (κ2) is 12.1. The van der Waals surface area contributed by atoms with Gasteiger partial charge in [0.2, 0.25) is 0 Å². The lowest BCUT2D eigenvalue weighted by atomic mass is 9.83. The van der Waals surface area contributed by atoms with Crippen LogP contribution in [0.2, 0.25) is 0 Å². The molecule has 6 heteroatoms. The monoisotopic (exact) mass is 494 g/mol. The number of hydrogen-bond acceptors (Lipinski definition) is 3. The molecule has 0 radical (unpaired) electrons.